The number of rotatable bonds is 10. The number of methoxy groups -OCH3 is 1. The van der Waals surface area contributed by atoms with Gasteiger partial charge in [0.1, 0.15) is 5.75 Å². The summed E-state index contributed by atoms with van der Waals surface area (Å²) in [6, 6.07) is 1.72. The van der Waals surface area contributed by atoms with Gasteiger partial charge in [0.2, 0.25) is 0 Å². The lowest BCUT2D eigenvalue weighted by molar-refractivity contribution is 0.0641. The minimum atomic E-state index is 0.00636. The van der Waals surface area contributed by atoms with Crippen molar-refractivity contribution in [3.63, 3.8) is 0 Å². The minimum absolute atomic E-state index is 0.00636. The Morgan fingerprint density at radius 2 is 2.05 bits per heavy atom. The Kier molecular flexibility index (Phi) is 7.77. The Bertz CT molecular complexity index is 381. The Morgan fingerprint density at radius 3 is 2.79 bits per heavy atom. The van der Waals surface area contributed by atoms with E-state index in [0.717, 1.165) is 6.42 Å². The van der Waals surface area contributed by atoms with E-state index in [1.807, 2.05) is 6.92 Å². The monoisotopic (exact) mass is 267 g/mol. The molecule has 1 heterocycles. The normalized spacial score (nSPS) is 10.4. The lowest BCUT2D eigenvalue weighted by Crippen LogP contribution is -2.08. The molecule has 0 N–H and O–H groups in total. The summed E-state index contributed by atoms with van der Waals surface area (Å²) < 4.78 is 15.6. The van der Waals surface area contributed by atoms with Gasteiger partial charge in [-0.1, -0.05) is 6.92 Å². The summed E-state index contributed by atoms with van der Waals surface area (Å²) in [5, 5.41) is 0. The van der Waals surface area contributed by atoms with Gasteiger partial charge in [-0.25, -0.2) is 0 Å². The van der Waals surface area contributed by atoms with Gasteiger partial charge in [-0.15, -0.1) is 0 Å². The third-order valence-electron chi connectivity index (χ3n) is 2.41. The lowest BCUT2D eigenvalue weighted by Gasteiger charge is -2.06. The number of carbonyl (C=O) groups is 1. The first kappa shape index (κ1) is 15.6. The van der Waals surface area contributed by atoms with Crippen molar-refractivity contribution in [2.75, 3.05) is 33.5 Å². The van der Waals surface area contributed by atoms with Crippen molar-refractivity contribution in [2.24, 2.45) is 0 Å². The van der Waals surface area contributed by atoms with Crippen LogP contribution in [0, 0.1) is 0 Å². The molecule has 0 radical (unpaired) electrons. The highest BCUT2D eigenvalue weighted by Crippen LogP contribution is 2.13. The molecule has 0 aliphatic rings. The van der Waals surface area contributed by atoms with E-state index in [2.05, 4.69) is 4.98 Å². The summed E-state index contributed by atoms with van der Waals surface area (Å²) in [7, 11) is 1.61. The highest BCUT2D eigenvalue weighted by atomic mass is 16.5. The van der Waals surface area contributed by atoms with E-state index in [9.17, 15) is 4.79 Å². The van der Waals surface area contributed by atoms with E-state index in [0.29, 0.717) is 44.2 Å². The first-order valence-corrected chi connectivity index (χ1v) is 6.45. The maximum atomic E-state index is 11.9. The second kappa shape index (κ2) is 9.47. The van der Waals surface area contributed by atoms with Crippen LogP contribution in [-0.4, -0.2) is 44.3 Å². The Hall–Kier alpha value is -1.46. The molecule has 0 spiro atoms. The molecule has 0 aliphatic heterocycles. The van der Waals surface area contributed by atoms with E-state index in [1.54, 1.807) is 25.6 Å². The predicted molar refractivity (Wildman–Crippen MR) is 71.7 cm³/mol. The molecule has 0 unspecified atom stereocenters. The van der Waals surface area contributed by atoms with E-state index in [1.165, 1.54) is 0 Å². The quantitative estimate of drug-likeness (QED) is 0.480. The molecule has 0 amide bonds. The van der Waals surface area contributed by atoms with Gasteiger partial charge >= 0.3 is 0 Å². The number of aromatic nitrogens is 1. The summed E-state index contributed by atoms with van der Waals surface area (Å²) in [5.74, 6) is 0.639. The third-order valence-corrected chi connectivity index (χ3v) is 2.41. The van der Waals surface area contributed by atoms with Crippen molar-refractivity contribution >= 4 is 5.78 Å². The fourth-order valence-electron chi connectivity index (χ4n) is 1.42. The Labute approximate surface area is 113 Å². The van der Waals surface area contributed by atoms with Gasteiger partial charge in [-0.2, -0.15) is 0 Å². The van der Waals surface area contributed by atoms with Crippen LogP contribution in [0.15, 0.2) is 18.5 Å². The zero-order valence-electron chi connectivity index (χ0n) is 11.6. The van der Waals surface area contributed by atoms with Gasteiger partial charge < -0.3 is 14.2 Å². The maximum Gasteiger partial charge on any atom is 0.166 e. The van der Waals surface area contributed by atoms with Crippen LogP contribution in [0.5, 0.6) is 5.75 Å². The van der Waals surface area contributed by atoms with Crippen molar-refractivity contribution in [3.8, 4) is 5.75 Å². The summed E-state index contributed by atoms with van der Waals surface area (Å²) >= 11 is 0. The molecule has 0 saturated heterocycles. The second-order valence-corrected chi connectivity index (χ2v) is 4.04. The van der Waals surface area contributed by atoms with Crippen molar-refractivity contribution < 1.29 is 19.0 Å². The number of carbonyl (C=O) groups excluding carboxylic acids is 1. The first-order valence-electron chi connectivity index (χ1n) is 6.45. The standard InChI is InChI=1S/C14H21NO4/c1-3-5-19-13-9-12(10-15-11-13)14(16)4-6-18-8-7-17-2/h9-11H,3-8H2,1-2H3. The molecule has 0 aromatic carbocycles. The molecule has 0 aliphatic carbocycles. The summed E-state index contributed by atoms with van der Waals surface area (Å²) in [5.41, 5.74) is 0.559. The molecular formula is C14H21NO4. The van der Waals surface area contributed by atoms with Crippen LogP contribution in [0.25, 0.3) is 0 Å². The highest BCUT2D eigenvalue weighted by Gasteiger charge is 2.07. The predicted octanol–water partition coefficient (Wildman–Crippen LogP) is 2.11. The number of ether oxygens (including phenoxy) is 3. The number of hydrogen-bond donors (Lipinski definition) is 0. The molecular weight excluding hydrogens is 246 g/mol. The smallest absolute Gasteiger partial charge is 0.166 e. The zero-order valence-corrected chi connectivity index (χ0v) is 11.6. The van der Waals surface area contributed by atoms with Gasteiger partial charge in [0, 0.05) is 25.3 Å². The number of Topliss-reactive ketones (excluding diaryl/α,β-unsaturated/α-hetero) is 1. The van der Waals surface area contributed by atoms with E-state index in [4.69, 9.17) is 14.2 Å². The molecule has 1 aromatic heterocycles. The van der Waals surface area contributed by atoms with E-state index >= 15 is 0 Å². The molecule has 5 nitrogen and oxygen atoms in total. The molecule has 19 heavy (non-hydrogen) atoms. The molecule has 0 bridgehead atoms. The molecule has 0 atom stereocenters. The SMILES string of the molecule is CCCOc1cncc(C(=O)CCOCCOC)c1. The Morgan fingerprint density at radius 1 is 1.21 bits per heavy atom. The van der Waals surface area contributed by atoms with Crippen LogP contribution in [0.3, 0.4) is 0 Å². The summed E-state index contributed by atoms with van der Waals surface area (Å²) in [6.45, 7) is 4.08. The van der Waals surface area contributed by atoms with Crippen molar-refractivity contribution in [3.05, 3.63) is 24.0 Å². The van der Waals surface area contributed by atoms with Gasteiger partial charge in [0.05, 0.1) is 32.6 Å². The molecule has 0 saturated carbocycles. The topological polar surface area (TPSA) is 57.7 Å². The fourth-order valence-corrected chi connectivity index (χ4v) is 1.42. The molecule has 5 heteroatoms. The Balaban J connectivity index is 2.38. The highest BCUT2D eigenvalue weighted by molar-refractivity contribution is 5.96. The molecule has 1 aromatic rings. The molecule has 1 rings (SSSR count). The van der Waals surface area contributed by atoms with Crippen molar-refractivity contribution in [1.29, 1.82) is 0 Å². The number of ketones is 1. The van der Waals surface area contributed by atoms with Crippen LogP contribution in [0.4, 0.5) is 0 Å². The number of nitrogens with zero attached hydrogens (tertiary/aromatic N) is 1. The van der Waals surface area contributed by atoms with Gasteiger partial charge in [-0.05, 0) is 12.5 Å². The fraction of sp³-hybridized carbons (Fsp3) is 0.571. The average Bonchev–Trinajstić information content (AvgIpc) is 2.45. The van der Waals surface area contributed by atoms with Gasteiger partial charge in [0.15, 0.2) is 5.78 Å². The van der Waals surface area contributed by atoms with Crippen LogP contribution in [0.2, 0.25) is 0 Å². The maximum absolute atomic E-state index is 11.9. The zero-order chi connectivity index (χ0) is 13.9. The number of hydrogen-bond acceptors (Lipinski definition) is 5. The van der Waals surface area contributed by atoms with E-state index in [-0.39, 0.29) is 5.78 Å². The van der Waals surface area contributed by atoms with Crippen LogP contribution in [0.1, 0.15) is 30.1 Å². The van der Waals surface area contributed by atoms with Crippen LogP contribution in [-0.2, 0) is 9.47 Å². The molecule has 106 valence electrons. The van der Waals surface area contributed by atoms with Gasteiger partial charge in [0.25, 0.3) is 0 Å². The summed E-state index contributed by atoms with van der Waals surface area (Å²) in [6.07, 6.45) is 4.42. The van der Waals surface area contributed by atoms with Crippen LogP contribution >= 0.6 is 0 Å². The van der Waals surface area contributed by atoms with Crippen LogP contribution < -0.4 is 4.74 Å². The van der Waals surface area contributed by atoms with E-state index < -0.39 is 0 Å². The largest absolute Gasteiger partial charge is 0.492 e. The second-order valence-electron chi connectivity index (χ2n) is 4.04. The minimum Gasteiger partial charge on any atom is -0.492 e. The first-order chi connectivity index (χ1) is 9.27. The molecule has 0 fully saturated rings. The van der Waals surface area contributed by atoms with Crippen molar-refractivity contribution in [2.45, 2.75) is 19.8 Å². The number of pyridine rings is 1. The summed E-state index contributed by atoms with van der Waals surface area (Å²) in [4.78, 5) is 15.9. The third kappa shape index (κ3) is 6.31. The van der Waals surface area contributed by atoms with Gasteiger partial charge in [-0.3, -0.25) is 9.78 Å². The average molecular weight is 267 g/mol. The van der Waals surface area contributed by atoms with Crippen molar-refractivity contribution in [1.82, 2.24) is 4.98 Å². The lowest BCUT2D eigenvalue weighted by atomic mass is 10.1.